The minimum Gasteiger partial charge on any atom is -0.496 e. The van der Waals surface area contributed by atoms with Gasteiger partial charge in [-0.25, -0.2) is 0 Å². The normalized spacial score (nSPS) is 10.2. The molecule has 0 bridgehead atoms. The maximum absolute atomic E-state index is 5.35. The van der Waals surface area contributed by atoms with Crippen LogP contribution in [0, 0.1) is 0 Å². The monoisotopic (exact) mass is 247 g/mol. The summed E-state index contributed by atoms with van der Waals surface area (Å²) in [6, 6.07) is 7.67. The van der Waals surface area contributed by atoms with Gasteiger partial charge in [-0.1, -0.05) is 6.07 Å². The molecule has 1 heterocycles. The summed E-state index contributed by atoms with van der Waals surface area (Å²) in [5.74, 6) is 2.57. The average Bonchev–Trinajstić information content (AvgIpc) is 2.81. The lowest BCUT2D eigenvalue weighted by Gasteiger charge is -2.14. The first-order chi connectivity index (χ1) is 8.76. The first-order valence-corrected chi connectivity index (χ1v) is 5.68. The van der Waals surface area contributed by atoms with Crippen LogP contribution in [-0.2, 0) is 13.6 Å². The Balaban J connectivity index is 2.20. The average molecular weight is 247 g/mol. The predicted octanol–water partition coefficient (Wildman–Crippen LogP) is 2.05. The zero-order valence-electron chi connectivity index (χ0n) is 10.8. The van der Waals surface area contributed by atoms with Gasteiger partial charge in [0.15, 0.2) is 0 Å². The Morgan fingerprint density at radius 2 is 1.83 bits per heavy atom. The summed E-state index contributed by atoms with van der Waals surface area (Å²) < 4.78 is 12.5. The molecule has 1 aromatic heterocycles. The second-order valence-electron chi connectivity index (χ2n) is 3.83. The molecule has 0 spiro atoms. The van der Waals surface area contributed by atoms with Gasteiger partial charge >= 0.3 is 0 Å². The standard InChI is InChI=1S/C13H17N3O2/c1-16-13(7-8-15-16)14-9-10-11(17-2)5-4-6-12(10)18-3/h4-8,14H,9H2,1-3H3. The Morgan fingerprint density at radius 1 is 1.17 bits per heavy atom. The molecule has 0 atom stereocenters. The topological polar surface area (TPSA) is 48.3 Å². The molecule has 0 saturated heterocycles. The fourth-order valence-electron chi connectivity index (χ4n) is 1.83. The largest absolute Gasteiger partial charge is 0.496 e. The highest BCUT2D eigenvalue weighted by Gasteiger charge is 2.09. The second-order valence-corrected chi connectivity index (χ2v) is 3.83. The van der Waals surface area contributed by atoms with Gasteiger partial charge in [0.25, 0.3) is 0 Å². The maximum Gasteiger partial charge on any atom is 0.127 e. The van der Waals surface area contributed by atoms with Gasteiger partial charge in [0.2, 0.25) is 0 Å². The highest BCUT2D eigenvalue weighted by molar-refractivity contribution is 5.47. The Morgan fingerprint density at radius 3 is 2.33 bits per heavy atom. The molecule has 0 aliphatic heterocycles. The zero-order chi connectivity index (χ0) is 13.0. The minimum absolute atomic E-state index is 0.618. The number of anilines is 1. The van der Waals surface area contributed by atoms with Gasteiger partial charge < -0.3 is 14.8 Å². The number of nitrogens with one attached hydrogen (secondary N) is 1. The number of rotatable bonds is 5. The minimum atomic E-state index is 0.618. The van der Waals surface area contributed by atoms with Crippen LogP contribution in [0.2, 0.25) is 0 Å². The van der Waals surface area contributed by atoms with Crippen LogP contribution in [0.5, 0.6) is 11.5 Å². The van der Waals surface area contributed by atoms with Crippen LogP contribution >= 0.6 is 0 Å². The molecule has 0 fully saturated rings. The van der Waals surface area contributed by atoms with Crippen molar-refractivity contribution >= 4 is 5.82 Å². The number of nitrogens with zero attached hydrogens (tertiary/aromatic N) is 2. The van der Waals surface area contributed by atoms with E-state index in [2.05, 4.69) is 10.4 Å². The van der Waals surface area contributed by atoms with Gasteiger partial charge in [0.1, 0.15) is 17.3 Å². The second kappa shape index (κ2) is 5.44. The van der Waals surface area contributed by atoms with E-state index in [1.165, 1.54) is 0 Å². The van der Waals surface area contributed by atoms with Gasteiger partial charge in [-0.15, -0.1) is 0 Å². The smallest absolute Gasteiger partial charge is 0.127 e. The quantitative estimate of drug-likeness (QED) is 0.878. The van der Waals surface area contributed by atoms with E-state index in [1.54, 1.807) is 25.1 Å². The van der Waals surface area contributed by atoms with Crippen LogP contribution < -0.4 is 14.8 Å². The van der Waals surface area contributed by atoms with Crippen molar-refractivity contribution in [3.63, 3.8) is 0 Å². The highest BCUT2D eigenvalue weighted by atomic mass is 16.5. The molecule has 0 aliphatic carbocycles. The van der Waals surface area contributed by atoms with Crippen molar-refractivity contribution in [2.45, 2.75) is 6.54 Å². The fraction of sp³-hybridized carbons (Fsp3) is 0.308. The third-order valence-electron chi connectivity index (χ3n) is 2.80. The molecule has 0 amide bonds. The highest BCUT2D eigenvalue weighted by Crippen LogP contribution is 2.28. The van der Waals surface area contributed by atoms with Gasteiger partial charge in [0, 0.05) is 19.7 Å². The van der Waals surface area contributed by atoms with Crippen LogP contribution in [0.4, 0.5) is 5.82 Å². The van der Waals surface area contributed by atoms with E-state index in [9.17, 15) is 0 Å². The summed E-state index contributed by atoms with van der Waals surface area (Å²) in [4.78, 5) is 0. The number of ether oxygens (including phenoxy) is 2. The van der Waals surface area contributed by atoms with Crippen LogP contribution in [0.3, 0.4) is 0 Å². The van der Waals surface area contributed by atoms with Gasteiger partial charge in [-0.05, 0) is 12.1 Å². The van der Waals surface area contributed by atoms with Crippen molar-refractivity contribution in [2.24, 2.45) is 7.05 Å². The van der Waals surface area contributed by atoms with Crippen LogP contribution in [0.1, 0.15) is 5.56 Å². The van der Waals surface area contributed by atoms with Crippen LogP contribution in [0.15, 0.2) is 30.5 Å². The molecule has 5 nitrogen and oxygen atoms in total. The molecule has 0 aliphatic rings. The molecular formula is C13H17N3O2. The molecule has 2 rings (SSSR count). The summed E-state index contributed by atoms with van der Waals surface area (Å²) in [7, 11) is 5.20. The number of benzene rings is 1. The SMILES string of the molecule is COc1cccc(OC)c1CNc1ccnn1C. The lowest BCUT2D eigenvalue weighted by Crippen LogP contribution is -2.07. The fourth-order valence-corrected chi connectivity index (χ4v) is 1.83. The Hall–Kier alpha value is -2.17. The molecule has 2 aromatic rings. The lowest BCUT2D eigenvalue weighted by molar-refractivity contribution is 0.386. The molecule has 0 saturated carbocycles. The summed E-state index contributed by atoms with van der Waals surface area (Å²) in [6.07, 6.45) is 1.75. The van der Waals surface area contributed by atoms with Crippen molar-refractivity contribution < 1.29 is 9.47 Å². The zero-order valence-corrected chi connectivity index (χ0v) is 10.8. The predicted molar refractivity (Wildman–Crippen MR) is 70.1 cm³/mol. The van der Waals surface area contributed by atoms with Crippen molar-refractivity contribution in [3.05, 3.63) is 36.0 Å². The van der Waals surface area contributed by atoms with Crippen molar-refractivity contribution in [1.29, 1.82) is 0 Å². The van der Waals surface area contributed by atoms with Crippen molar-refractivity contribution in [2.75, 3.05) is 19.5 Å². The van der Waals surface area contributed by atoms with E-state index in [0.29, 0.717) is 6.54 Å². The first-order valence-electron chi connectivity index (χ1n) is 5.68. The summed E-state index contributed by atoms with van der Waals surface area (Å²) in [5.41, 5.74) is 0.990. The first kappa shape index (κ1) is 12.3. The van der Waals surface area contributed by atoms with Gasteiger partial charge in [-0.2, -0.15) is 5.10 Å². The Kier molecular flexibility index (Phi) is 3.72. The molecular weight excluding hydrogens is 230 g/mol. The van der Waals surface area contributed by atoms with Crippen molar-refractivity contribution in [3.8, 4) is 11.5 Å². The summed E-state index contributed by atoms with van der Waals surface area (Å²) in [5, 5.41) is 7.40. The number of hydrogen-bond donors (Lipinski definition) is 1. The molecule has 18 heavy (non-hydrogen) atoms. The van der Waals surface area contributed by atoms with E-state index in [-0.39, 0.29) is 0 Å². The summed E-state index contributed by atoms with van der Waals surface area (Å²) >= 11 is 0. The third kappa shape index (κ3) is 2.40. The number of methoxy groups -OCH3 is 2. The lowest BCUT2D eigenvalue weighted by atomic mass is 10.1. The van der Waals surface area contributed by atoms with E-state index < -0.39 is 0 Å². The molecule has 0 unspecified atom stereocenters. The molecule has 0 radical (unpaired) electrons. The third-order valence-corrected chi connectivity index (χ3v) is 2.80. The Labute approximate surface area is 106 Å². The number of aryl methyl sites for hydroxylation is 1. The molecule has 1 aromatic carbocycles. The molecule has 1 N–H and O–H groups in total. The maximum atomic E-state index is 5.35. The van der Waals surface area contributed by atoms with E-state index in [1.807, 2.05) is 31.3 Å². The van der Waals surface area contributed by atoms with Crippen LogP contribution in [-0.4, -0.2) is 24.0 Å². The molecule has 5 heteroatoms. The van der Waals surface area contributed by atoms with Crippen LogP contribution in [0.25, 0.3) is 0 Å². The van der Waals surface area contributed by atoms with Gasteiger partial charge in [-0.3, -0.25) is 4.68 Å². The summed E-state index contributed by atoms with van der Waals surface area (Å²) in [6.45, 7) is 0.618. The number of hydrogen-bond acceptors (Lipinski definition) is 4. The molecule has 96 valence electrons. The van der Waals surface area contributed by atoms with Crippen molar-refractivity contribution in [1.82, 2.24) is 9.78 Å². The van der Waals surface area contributed by atoms with E-state index in [0.717, 1.165) is 22.9 Å². The Bertz CT molecular complexity index is 500. The number of aromatic nitrogens is 2. The van der Waals surface area contributed by atoms with E-state index in [4.69, 9.17) is 9.47 Å². The van der Waals surface area contributed by atoms with Gasteiger partial charge in [0.05, 0.1) is 26.0 Å². The van der Waals surface area contributed by atoms with E-state index >= 15 is 0 Å².